The van der Waals surface area contributed by atoms with Gasteiger partial charge in [0.25, 0.3) is 0 Å². The monoisotopic (exact) mass is 136 g/mol. The van der Waals surface area contributed by atoms with Crippen LogP contribution in [0.25, 0.3) is 0 Å². The summed E-state index contributed by atoms with van der Waals surface area (Å²) >= 11 is 0. The van der Waals surface area contributed by atoms with Gasteiger partial charge in [-0.1, -0.05) is 17.6 Å². The Hall–Kier alpha value is -0.740. The first-order valence-corrected chi connectivity index (χ1v) is 3.55. The predicted octanol–water partition coefficient (Wildman–Crippen LogP) is 1.74. The smallest absolute Gasteiger partial charge is 0.108 e. The van der Waals surface area contributed by atoms with E-state index >= 15 is 0 Å². The van der Waals surface area contributed by atoms with Gasteiger partial charge in [-0.25, -0.2) is 0 Å². The number of hydrogen-bond donors (Lipinski definition) is 0. The zero-order chi connectivity index (χ0) is 7.40. The third-order valence-electron chi connectivity index (χ3n) is 1.67. The molecule has 0 radical (unpaired) electrons. The van der Waals surface area contributed by atoms with Gasteiger partial charge in [0.1, 0.15) is 6.61 Å². The topological polar surface area (TPSA) is 9.23 Å². The summed E-state index contributed by atoms with van der Waals surface area (Å²) in [5.74, 6) is 2.46. The van der Waals surface area contributed by atoms with Crippen LogP contribution in [0.5, 0.6) is 0 Å². The highest BCUT2D eigenvalue weighted by molar-refractivity contribution is 5.09. The Bertz CT molecular complexity index is 174. The summed E-state index contributed by atoms with van der Waals surface area (Å²) in [7, 11) is 0. The molecule has 1 unspecified atom stereocenters. The molecule has 1 nitrogen and oxygen atoms in total. The van der Waals surface area contributed by atoms with Gasteiger partial charge >= 0.3 is 0 Å². The van der Waals surface area contributed by atoms with Crippen molar-refractivity contribution in [2.45, 2.75) is 25.9 Å². The van der Waals surface area contributed by atoms with Crippen LogP contribution >= 0.6 is 0 Å². The van der Waals surface area contributed by atoms with Crippen molar-refractivity contribution in [1.29, 1.82) is 0 Å². The van der Waals surface area contributed by atoms with Crippen molar-refractivity contribution in [3.05, 3.63) is 11.6 Å². The maximum absolute atomic E-state index is 5.31. The van der Waals surface area contributed by atoms with Gasteiger partial charge in [0, 0.05) is 0 Å². The van der Waals surface area contributed by atoms with Crippen LogP contribution in [0.2, 0.25) is 0 Å². The summed E-state index contributed by atoms with van der Waals surface area (Å²) in [5.41, 5.74) is 1.42. The van der Waals surface area contributed by atoms with Gasteiger partial charge in [0.15, 0.2) is 0 Å². The Morgan fingerprint density at radius 1 is 1.90 bits per heavy atom. The minimum Gasteiger partial charge on any atom is -0.361 e. The summed E-state index contributed by atoms with van der Waals surface area (Å²) in [4.78, 5) is 0. The van der Waals surface area contributed by atoms with Gasteiger partial charge in [0.05, 0.1) is 6.10 Å². The maximum atomic E-state index is 5.31. The molecular weight excluding hydrogens is 124 g/mol. The molecule has 0 saturated carbocycles. The van der Waals surface area contributed by atoms with Crippen LogP contribution in [0.3, 0.4) is 0 Å². The standard InChI is InChI=1S/C9H12O/c1-3-6-10-9-5-4-8(2)7-9/h1,7,9H,4-6H2,2H3. The third kappa shape index (κ3) is 1.89. The summed E-state index contributed by atoms with van der Waals surface area (Å²) in [5, 5.41) is 0. The molecular formula is C9H12O. The quantitative estimate of drug-likeness (QED) is 0.415. The summed E-state index contributed by atoms with van der Waals surface area (Å²) in [6.45, 7) is 2.56. The van der Waals surface area contributed by atoms with Crippen LogP contribution in [0, 0.1) is 12.3 Å². The van der Waals surface area contributed by atoms with E-state index in [0.29, 0.717) is 6.61 Å². The Morgan fingerprint density at radius 2 is 2.70 bits per heavy atom. The Balaban J connectivity index is 2.26. The van der Waals surface area contributed by atoms with E-state index in [2.05, 4.69) is 18.9 Å². The van der Waals surface area contributed by atoms with E-state index in [1.54, 1.807) is 0 Å². The van der Waals surface area contributed by atoms with Crippen molar-refractivity contribution in [3.8, 4) is 12.3 Å². The van der Waals surface area contributed by atoms with E-state index in [0.717, 1.165) is 12.8 Å². The predicted molar refractivity (Wildman–Crippen MR) is 41.6 cm³/mol. The zero-order valence-corrected chi connectivity index (χ0v) is 6.26. The fourth-order valence-corrected chi connectivity index (χ4v) is 1.14. The average molecular weight is 136 g/mol. The molecule has 1 rings (SSSR count). The van der Waals surface area contributed by atoms with Gasteiger partial charge < -0.3 is 4.74 Å². The minimum absolute atomic E-state index is 0.288. The van der Waals surface area contributed by atoms with E-state index in [1.165, 1.54) is 5.57 Å². The second-order valence-corrected chi connectivity index (χ2v) is 2.61. The maximum Gasteiger partial charge on any atom is 0.108 e. The lowest BCUT2D eigenvalue weighted by Crippen LogP contribution is -2.05. The van der Waals surface area contributed by atoms with Crippen molar-refractivity contribution in [1.82, 2.24) is 0 Å². The normalized spacial score (nSPS) is 24.0. The van der Waals surface area contributed by atoms with Crippen LogP contribution in [-0.4, -0.2) is 12.7 Å². The number of terminal acetylenes is 1. The lowest BCUT2D eigenvalue weighted by Gasteiger charge is -2.04. The molecule has 0 amide bonds. The van der Waals surface area contributed by atoms with Gasteiger partial charge in [0.2, 0.25) is 0 Å². The lowest BCUT2D eigenvalue weighted by molar-refractivity contribution is 0.113. The highest BCUT2D eigenvalue weighted by Crippen LogP contribution is 2.19. The summed E-state index contributed by atoms with van der Waals surface area (Å²) in [6, 6.07) is 0. The summed E-state index contributed by atoms with van der Waals surface area (Å²) < 4.78 is 5.31. The molecule has 1 heteroatoms. The minimum atomic E-state index is 0.288. The highest BCUT2D eigenvalue weighted by atomic mass is 16.5. The molecule has 0 saturated heterocycles. The zero-order valence-electron chi connectivity index (χ0n) is 6.26. The van der Waals surface area contributed by atoms with Gasteiger partial charge in [-0.2, -0.15) is 0 Å². The second-order valence-electron chi connectivity index (χ2n) is 2.61. The molecule has 1 aliphatic carbocycles. The Kier molecular flexibility index (Phi) is 2.53. The first-order valence-electron chi connectivity index (χ1n) is 3.55. The number of allylic oxidation sites excluding steroid dienone is 1. The lowest BCUT2D eigenvalue weighted by atomic mass is 10.3. The van der Waals surface area contributed by atoms with Crippen LogP contribution < -0.4 is 0 Å². The van der Waals surface area contributed by atoms with Crippen molar-refractivity contribution < 1.29 is 4.74 Å². The van der Waals surface area contributed by atoms with Gasteiger partial charge in [-0.15, -0.1) is 6.42 Å². The first-order chi connectivity index (χ1) is 4.83. The molecule has 0 aromatic carbocycles. The molecule has 0 fully saturated rings. The SMILES string of the molecule is C#CCOC1C=C(C)CC1. The fraction of sp³-hybridized carbons (Fsp3) is 0.556. The first kappa shape index (κ1) is 7.37. The third-order valence-corrected chi connectivity index (χ3v) is 1.67. The van der Waals surface area contributed by atoms with Crippen LogP contribution in [0.4, 0.5) is 0 Å². The van der Waals surface area contributed by atoms with Crippen LogP contribution in [0.1, 0.15) is 19.8 Å². The van der Waals surface area contributed by atoms with Crippen molar-refractivity contribution in [3.63, 3.8) is 0 Å². The number of ether oxygens (including phenoxy) is 1. The molecule has 10 heavy (non-hydrogen) atoms. The molecule has 0 aliphatic heterocycles. The molecule has 0 bridgehead atoms. The second kappa shape index (κ2) is 3.43. The average Bonchev–Trinajstić information content (AvgIpc) is 2.31. The van der Waals surface area contributed by atoms with E-state index in [-0.39, 0.29) is 6.10 Å². The van der Waals surface area contributed by atoms with Crippen molar-refractivity contribution in [2.75, 3.05) is 6.61 Å². The Labute approximate surface area is 62.1 Å². The van der Waals surface area contributed by atoms with Crippen LogP contribution in [0.15, 0.2) is 11.6 Å². The van der Waals surface area contributed by atoms with Gasteiger partial charge in [-0.05, 0) is 19.8 Å². The van der Waals surface area contributed by atoms with Crippen molar-refractivity contribution >= 4 is 0 Å². The Morgan fingerprint density at radius 3 is 3.20 bits per heavy atom. The van der Waals surface area contributed by atoms with Gasteiger partial charge in [-0.3, -0.25) is 0 Å². The summed E-state index contributed by atoms with van der Waals surface area (Å²) in [6.07, 6.45) is 9.75. The molecule has 0 spiro atoms. The molecule has 0 heterocycles. The highest BCUT2D eigenvalue weighted by Gasteiger charge is 2.11. The fourth-order valence-electron chi connectivity index (χ4n) is 1.14. The molecule has 0 N–H and O–H groups in total. The molecule has 0 aromatic heterocycles. The van der Waals surface area contributed by atoms with Crippen molar-refractivity contribution in [2.24, 2.45) is 0 Å². The number of hydrogen-bond acceptors (Lipinski definition) is 1. The van der Waals surface area contributed by atoms with Crippen LogP contribution in [-0.2, 0) is 4.74 Å². The largest absolute Gasteiger partial charge is 0.361 e. The molecule has 1 atom stereocenters. The molecule has 54 valence electrons. The van der Waals surface area contributed by atoms with E-state index in [9.17, 15) is 0 Å². The molecule has 1 aliphatic rings. The molecule has 0 aromatic rings. The van der Waals surface area contributed by atoms with E-state index < -0.39 is 0 Å². The number of rotatable bonds is 2. The van der Waals surface area contributed by atoms with E-state index in [1.807, 2.05) is 0 Å². The van der Waals surface area contributed by atoms with E-state index in [4.69, 9.17) is 11.2 Å².